The van der Waals surface area contributed by atoms with Gasteiger partial charge >= 0.3 is 12.2 Å². The Balaban J connectivity index is 1.74. The maximum Gasteiger partial charge on any atom is 0.433 e. The molecule has 1 fully saturated rings. The Morgan fingerprint density at radius 3 is 2.37 bits per heavy atom. The quantitative estimate of drug-likeness (QED) is 0.714. The zero-order chi connectivity index (χ0) is 22.2. The van der Waals surface area contributed by atoms with Crippen molar-refractivity contribution in [2.45, 2.75) is 56.2 Å². The van der Waals surface area contributed by atoms with Crippen molar-refractivity contribution < 1.29 is 26.3 Å². The normalized spacial score (nSPS) is 18.9. The van der Waals surface area contributed by atoms with Crippen LogP contribution in [0.25, 0.3) is 0 Å². The fourth-order valence-electron chi connectivity index (χ4n) is 3.20. The molecule has 0 N–H and O–H groups in total. The van der Waals surface area contributed by atoms with Crippen LogP contribution in [-0.4, -0.2) is 41.9 Å². The molecule has 0 aliphatic carbocycles. The van der Waals surface area contributed by atoms with Crippen molar-refractivity contribution >= 4 is 10.0 Å². The second kappa shape index (κ2) is 8.14. The van der Waals surface area contributed by atoms with Crippen molar-refractivity contribution in [3.05, 3.63) is 47.8 Å². The molecule has 1 aliphatic rings. The van der Waals surface area contributed by atoms with E-state index in [9.17, 15) is 21.6 Å². The number of ether oxygens (including phenoxy) is 1. The molecule has 0 radical (unpaired) electrons. The fourth-order valence-corrected chi connectivity index (χ4v) is 4.71. The minimum atomic E-state index is -4.61. The number of alkyl halides is 3. The SMILES string of the molecule is CC(C)(C)c1ccc(S(=O)(=O)N2CCCC(Oc3nccc(C(F)(F)F)n3)C2)cc1. The molecule has 0 spiro atoms. The molecule has 10 heteroatoms. The molecule has 2 aromatic rings. The third-order valence-corrected chi connectivity index (χ3v) is 6.77. The zero-order valence-electron chi connectivity index (χ0n) is 17.0. The van der Waals surface area contributed by atoms with Crippen molar-refractivity contribution in [3.63, 3.8) is 0 Å². The molecule has 1 aromatic carbocycles. The summed E-state index contributed by atoms with van der Waals surface area (Å²) in [5.74, 6) is 0. The van der Waals surface area contributed by atoms with E-state index in [0.717, 1.165) is 17.8 Å². The Hall–Kier alpha value is -2.20. The first kappa shape index (κ1) is 22.5. The van der Waals surface area contributed by atoms with Crippen LogP contribution in [0.15, 0.2) is 41.4 Å². The standard InChI is InChI=1S/C20H24F3N3O3S/c1-19(2,3)14-6-8-16(9-7-14)30(27,28)26-12-4-5-15(13-26)29-18-24-11-10-17(25-18)20(21,22)23/h6-11,15H,4-5,12-13H2,1-3H3. The van der Waals surface area contributed by atoms with Gasteiger partial charge in [-0.1, -0.05) is 32.9 Å². The maximum atomic E-state index is 13.0. The van der Waals surface area contributed by atoms with Gasteiger partial charge in [-0.05, 0) is 42.0 Å². The van der Waals surface area contributed by atoms with Gasteiger partial charge in [0.2, 0.25) is 10.0 Å². The van der Waals surface area contributed by atoms with Crippen LogP contribution in [0.4, 0.5) is 13.2 Å². The number of halogens is 3. The Labute approximate surface area is 174 Å². The summed E-state index contributed by atoms with van der Waals surface area (Å²) in [7, 11) is -3.75. The van der Waals surface area contributed by atoms with E-state index in [4.69, 9.17) is 4.74 Å². The lowest BCUT2D eigenvalue weighted by Crippen LogP contribution is -2.44. The molecule has 6 nitrogen and oxygen atoms in total. The third-order valence-electron chi connectivity index (χ3n) is 4.89. The van der Waals surface area contributed by atoms with E-state index in [1.54, 1.807) is 24.3 Å². The van der Waals surface area contributed by atoms with Crippen LogP contribution in [0, 0.1) is 0 Å². The summed E-state index contributed by atoms with van der Waals surface area (Å²) >= 11 is 0. The largest absolute Gasteiger partial charge is 0.459 e. The monoisotopic (exact) mass is 443 g/mol. The Kier molecular flexibility index (Phi) is 6.10. The number of aromatic nitrogens is 2. The maximum absolute atomic E-state index is 13.0. The van der Waals surface area contributed by atoms with Gasteiger partial charge in [-0.3, -0.25) is 0 Å². The number of benzene rings is 1. The Morgan fingerprint density at radius 1 is 1.10 bits per heavy atom. The van der Waals surface area contributed by atoms with Crippen LogP contribution in [0.5, 0.6) is 6.01 Å². The van der Waals surface area contributed by atoms with Crippen molar-refractivity contribution in [3.8, 4) is 6.01 Å². The number of hydrogen-bond acceptors (Lipinski definition) is 5. The zero-order valence-corrected chi connectivity index (χ0v) is 17.8. The molecule has 0 saturated carbocycles. The van der Waals surface area contributed by atoms with Gasteiger partial charge in [-0.25, -0.2) is 13.4 Å². The molecule has 30 heavy (non-hydrogen) atoms. The summed E-state index contributed by atoms with van der Waals surface area (Å²) in [6, 6.07) is 7.09. The van der Waals surface area contributed by atoms with Crippen molar-refractivity contribution in [2.75, 3.05) is 13.1 Å². The lowest BCUT2D eigenvalue weighted by atomic mass is 9.87. The van der Waals surface area contributed by atoms with Crippen molar-refractivity contribution in [1.82, 2.24) is 14.3 Å². The molecule has 2 heterocycles. The highest BCUT2D eigenvalue weighted by Gasteiger charge is 2.34. The summed E-state index contributed by atoms with van der Waals surface area (Å²) in [6.07, 6.45) is -3.26. The number of rotatable bonds is 4. The van der Waals surface area contributed by atoms with E-state index < -0.39 is 34.0 Å². The van der Waals surface area contributed by atoms with Gasteiger partial charge in [0.15, 0.2) is 5.69 Å². The lowest BCUT2D eigenvalue weighted by Gasteiger charge is -2.31. The smallest absolute Gasteiger partial charge is 0.433 e. The third kappa shape index (κ3) is 5.10. The van der Waals surface area contributed by atoms with Crippen LogP contribution >= 0.6 is 0 Å². The van der Waals surface area contributed by atoms with Gasteiger partial charge in [-0.2, -0.15) is 22.5 Å². The molecule has 1 atom stereocenters. The van der Waals surface area contributed by atoms with Gasteiger partial charge in [0, 0.05) is 12.7 Å². The topological polar surface area (TPSA) is 72.4 Å². The number of nitrogens with zero attached hydrogens (tertiary/aromatic N) is 3. The highest BCUT2D eigenvalue weighted by molar-refractivity contribution is 7.89. The van der Waals surface area contributed by atoms with Crippen LogP contribution in [-0.2, 0) is 21.6 Å². The first-order valence-corrected chi connectivity index (χ1v) is 11.0. The highest BCUT2D eigenvalue weighted by atomic mass is 32.2. The first-order valence-electron chi connectivity index (χ1n) is 9.55. The van der Waals surface area contributed by atoms with Crippen LogP contribution in [0.1, 0.15) is 44.9 Å². The summed E-state index contributed by atoms with van der Waals surface area (Å²) in [4.78, 5) is 7.29. The van der Waals surface area contributed by atoms with E-state index in [0.29, 0.717) is 19.4 Å². The molecular weight excluding hydrogens is 419 g/mol. The van der Waals surface area contributed by atoms with E-state index >= 15 is 0 Å². The predicted octanol–water partition coefficient (Wildman–Crippen LogP) is 4.03. The number of sulfonamides is 1. The fraction of sp³-hybridized carbons (Fsp3) is 0.500. The lowest BCUT2D eigenvalue weighted by molar-refractivity contribution is -0.141. The summed E-state index contributed by atoms with van der Waals surface area (Å²) in [6.45, 7) is 6.45. The second-order valence-electron chi connectivity index (χ2n) is 8.24. The summed E-state index contributed by atoms with van der Waals surface area (Å²) < 4.78 is 71.3. The molecule has 1 aromatic heterocycles. The molecule has 1 aliphatic heterocycles. The van der Waals surface area contributed by atoms with E-state index in [1.807, 2.05) is 20.8 Å². The van der Waals surface area contributed by atoms with Gasteiger partial charge in [0.1, 0.15) is 6.10 Å². The molecule has 1 saturated heterocycles. The molecular formula is C20H24F3N3O3S. The van der Waals surface area contributed by atoms with Gasteiger partial charge in [0.05, 0.1) is 11.4 Å². The van der Waals surface area contributed by atoms with Gasteiger partial charge in [-0.15, -0.1) is 0 Å². The number of hydrogen-bond donors (Lipinski definition) is 0. The minimum Gasteiger partial charge on any atom is -0.459 e. The first-order chi connectivity index (χ1) is 13.9. The van der Waals surface area contributed by atoms with Crippen LogP contribution in [0.3, 0.4) is 0 Å². The van der Waals surface area contributed by atoms with E-state index in [1.165, 1.54) is 4.31 Å². The Morgan fingerprint density at radius 2 is 1.77 bits per heavy atom. The van der Waals surface area contributed by atoms with Gasteiger partial charge < -0.3 is 4.74 Å². The average Bonchev–Trinajstić information content (AvgIpc) is 2.67. The van der Waals surface area contributed by atoms with E-state index in [2.05, 4.69) is 9.97 Å². The predicted molar refractivity (Wildman–Crippen MR) is 105 cm³/mol. The van der Waals surface area contributed by atoms with Crippen LogP contribution < -0.4 is 4.74 Å². The average molecular weight is 443 g/mol. The summed E-state index contributed by atoms with van der Waals surface area (Å²) in [5, 5.41) is 0. The highest BCUT2D eigenvalue weighted by Crippen LogP contribution is 2.29. The van der Waals surface area contributed by atoms with Crippen molar-refractivity contribution in [2.24, 2.45) is 0 Å². The minimum absolute atomic E-state index is 0.0168. The Bertz CT molecular complexity index is 987. The molecule has 164 valence electrons. The molecule has 3 rings (SSSR count). The van der Waals surface area contributed by atoms with Crippen LogP contribution in [0.2, 0.25) is 0 Å². The summed E-state index contributed by atoms with van der Waals surface area (Å²) in [5.41, 5.74) is -0.188. The van der Waals surface area contributed by atoms with Crippen molar-refractivity contribution in [1.29, 1.82) is 0 Å². The number of piperidine rings is 1. The molecule has 0 bridgehead atoms. The van der Waals surface area contributed by atoms with E-state index in [-0.39, 0.29) is 16.9 Å². The molecule has 1 unspecified atom stereocenters. The second-order valence-corrected chi connectivity index (χ2v) is 10.2. The molecule has 0 amide bonds. The van der Waals surface area contributed by atoms with Gasteiger partial charge in [0.25, 0.3) is 0 Å².